The van der Waals surface area contributed by atoms with Gasteiger partial charge < -0.3 is 33.1 Å². The molecule has 18 heavy (non-hydrogen) atoms. The molecule has 6 heteroatoms. The molecule has 0 saturated carbocycles. The van der Waals surface area contributed by atoms with Crippen molar-refractivity contribution < 1.29 is 10.2 Å². The molecule has 0 spiro atoms. The maximum atomic E-state index is 9.66. The van der Waals surface area contributed by atoms with Crippen LogP contribution in [0.1, 0.15) is 39.0 Å². The van der Waals surface area contributed by atoms with Crippen molar-refractivity contribution in [3.63, 3.8) is 0 Å². The number of hydrogen-bond donors (Lipinski definition) is 6. The van der Waals surface area contributed by atoms with E-state index in [1.165, 1.54) is 0 Å². The highest BCUT2D eigenvalue weighted by molar-refractivity contribution is 4.89. The molecule has 3 atom stereocenters. The molecule has 3 unspecified atom stereocenters. The predicted molar refractivity (Wildman–Crippen MR) is 73.5 cm³/mol. The van der Waals surface area contributed by atoms with Crippen LogP contribution in [0.25, 0.3) is 0 Å². The molecule has 0 aromatic carbocycles. The Morgan fingerprint density at radius 3 is 2.06 bits per heavy atom. The number of nitrogens with two attached hydrogens (primary N) is 4. The Morgan fingerprint density at radius 1 is 1.06 bits per heavy atom. The van der Waals surface area contributed by atoms with Gasteiger partial charge in [-0.25, -0.2) is 0 Å². The molecule has 0 aliphatic carbocycles. The molecule has 0 saturated heterocycles. The maximum Gasteiger partial charge on any atom is 0.0692 e. The zero-order chi connectivity index (χ0) is 14.2. The van der Waals surface area contributed by atoms with Crippen molar-refractivity contribution in [1.29, 1.82) is 0 Å². The zero-order valence-corrected chi connectivity index (χ0v) is 11.4. The monoisotopic (exact) mass is 262 g/mol. The molecule has 0 bridgehead atoms. The molecular weight excluding hydrogens is 232 g/mol. The smallest absolute Gasteiger partial charge is 0.0692 e. The third-order valence-electron chi connectivity index (χ3n) is 3.36. The Hall–Kier alpha value is -0.240. The molecular formula is C12H30N4O2. The SMILES string of the molecule is CCCCC(CC(O)CN)C(N)(N)CC(O)CN. The van der Waals surface area contributed by atoms with Crippen molar-refractivity contribution in [1.82, 2.24) is 0 Å². The van der Waals surface area contributed by atoms with E-state index in [4.69, 9.17) is 22.9 Å². The normalized spacial score (nSPS) is 17.5. The highest BCUT2D eigenvalue weighted by atomic mass is 16.3. The molecule has 0 aliphatic heterocycles. The van der Waals surface area contributed by atoms with E-state index in [9.17, 15) is 10.2 Å². The summed E-state index contributed by atoms with van der Waals surface area (Å²) in [7, 11) is 0. The Kier molecular flexibility index (Phi) is 8.67. The summed E-state index contributed by atoms with van der Waals surface area (Å²) < 4.78 is 0. The van der Waals surface area contributed by atoms with Crippen LogP contribution < -0.4 is 22.9 Å². The Balaban J connectivity index is 4.58. The first-order chi connectivity index (χ1) is 8.37. The lowest BCUT2D eigenvalue weighted by atomic mass is 9.81. The maximum absolute atomic E-state index is 9.66. The topological polar surface area (TPSA) is 145 Å². The molecule has 6 nitrogen and oxygen atoms in total. The van der Waals surface area contributed by atoms with Crippen LogP contribution in [0.2, 0.25) is 0 Å². The summed E-state index contributed by atoms with van der Waals surface area (Å²) in [6.45, 7) is 2.41. The summed E-state index contributed by atoms with van der Waals surface area (Å²) in [5.74, 6) is -0.0720. The molecule has 110 valence electrons. The van der Waals surface area contributed by atoms with Gasteiger partial charge in [-0.05, 0) is 18.8 Å². The quantitative estimate of drug-likeness (QED) is 0.274. The van der Waals surface area contributed by atoms with Gasteiger partial charge in [0.15, 0.2) is 0 Å². The van der Waals surface area contributed by atoms with Crippen LogP contribution in [0.4, 0.5) is 0 Å². The number of rotatable bonds is 10. The van der Waals surface area contributed by atoms with Crippen LogP contribution in [-0.4, -0.2) is 41.2 Å². The molecule has 0 aromatic rings. The molecule has 0 radical (unpaired) electrons. The highest BCUT2D eigenvalue weighted by Gasteiger charge is 2.33. The third-order valence-corrected chi connectivity index (χ3v) is 3.36. The van der Waals surface area contributed by atoms with Crippen molar-refractivity contribution in [3.05, 3.63) is 0 Å². The van der Waals surface area contributed by atoms with Crippen LogP contribution in [0.5, 0.6) is 0 Å². The molecule has 0 aliphatic rings. The fourth-order valence-electron chi connectivity index (χ4n) is 2.14. The fraction of sp³-hybridized carbons (Fsp3) is 1.00. The van der Waals surface area contributed by atoms with Crippen LogP contribution in [0, 0.1) is 5.92 Å². The molecule has 10 N–H and O–H groups in total. The second-order valence-corrected chi connectivity index (χ2v) is 5.17. The first-order valence-electron chi connectivity index (χ1n) is 6.71. The Morgan fingerprint density at radius 2 is 1.61 bits per heavy atom. The molecule has 0 aromatic heterocycles. The number of aliphatic hydroxyl groups is 2. The summed E-state index contributed by atoms with van der Waals surface area (Å²) in [6.07, 6.45) is 2.21. The second kappa shape index (κ2) is 8.79. The largest absolute Gasteiger partial charge is 0.392 e. The van der Waals surface area contributed by atoms with Gasteiger partial charge in [-0.3, -0.25) is 0 Å². The van der Waals surface area contributed by atoms with Gasteiger partial charge in [0.05, 0.1) is 17.9 Å². The zero-order valence-electron chi connectivity index (χ0n) is 11.4. The van der Waals surface area contributed by atoms with Crippen LogP contribution in [-0.2, 0) is 0 Å². The minimum atomic E-state index is -1.02. The lowest BCUT2D eigenvalue weighted by Crippen LogP contribution is -2.58. The van der Waals surface area contributed by atoms with Gasteiger partial charge in [0.2, 0.25) is 0 Å². The average molecular weight is 262 g/mol. The third kappa shape index (κ3) is 6.63. The van der Waals surface area contributed by atoms with Gasteiger partial charge in [0, 0.05) is 19.5 Å². The van der Waals surface area contributed by atoms with Gasteiger partial charge in [0.25, 0.3) is 0 Å². The Bertz CT molecular complexity index is 214. The lowest BCUT2D eigenvalue weighted by Gasteiger charge is -2.36. The molecule has 0 amide bonds. The van der Waals surface area contributed by atoms with E-state index in [0.29, 0.717) is 6.42 Å². The van der Waals surface area contributed by atoms with Crippen molar-refractivity contribution in [2.45, 2.75) is 56.9 Å². The standard InChI is InChI=1S/C12H30N4O2/c1-2-3-4-9(5-10(17)7-13)12(15,16)6-11(18)8-14/h9-11,17-18H,2-8,13-16H2,1H3. The van der Waals surface area contributed by atoms with Crippen LogP contribution in [0.3, 0.4) is 0 Å². The number of hydrogen-bond acceptors (Lipinski definition) is 6. The molecule has 0 heterocycles. The highest BCUT2D eigenvalue weighted by Crippen LogP contribution is 2.25. The fourth-order valence-corrected chi connectivity index (χ4v) is 2.14. The predicted octanol–water partition coefficient (Wildman–Crippen LogP) is -1.17. The summed E-state index contributed by atoms with van der Waals surface area (Å²) >= 11 is 0. The minimum Gasteiger partial charge on any atom is -0.392 e. The second-order valence-electron chi connectivity index (χ2n) is 5.17. The van der Waals surface area contributed by atoms with Crippen molar-refractivity contribution >= 4 is 0 Å². The van der Waals surface area contributed by atoms with E-state index >= 15 is 0 Å². The Labute approximate surface area is 110 Å². The first kappa shape index (κ1) is 17.8. The first-order valence-corrected chi connectivity index (χ1v) is 6.71. The van der Waals surface area contributed by atoms with Gasteiger partial charge in [-0.2, -0.15) is 0 Å². The van der Waals surface area contributed by atoms with Gasteiger partial charge >= 0.3 is 0 Å². The van der Waals surface area contributed by atoms with Crippen molar-refractivity contribution in [2.75, 3.05) is 13.1 Å². The van der Waals surface area contributed by atoms with E-state index in [1.807, 2.05) is 0 Å². The molecule has 0 rings (SSSR count). The van der Waals surface area contributed by atoms with E-state index in [1.54, 1.807) is 0 Å². The summed E-state index contributed by atoms with van der Waals surface area (Å²) in [6, 6.07) is 0. The van der Waals surface area contributed by atoms with Crippen LogP contribution in [0.15, 0.2) is 0 Å². The van der Waals surface area contributed by atoms with E-state index in [-0.39, 0.29) is 25.4 Å². The van der Waals surface area contributed by atoms with Gasteiger partial charge in [-0.1, -0.05) is 19.8 Å². The number of unbranched alkanes of at least 4 members (excludes halogenated alkanes) is 1. The van der Waals surface area contributed by atoms with Gasteiger partial charge in [-0.15, -0.1) is 0 Å². The van der Waals surface area contributed by atoms with E-state index in [2.05, 4.69) is 6.92 Å². The van der Waals surface area contributed by atoms with E-state index in [0.717, 1.165) is 19.3 Å². The van der Waals surface area contributed by atoms with E-state index < -0.39 is 17.9 Å². The van der Waals surface area contributed by atoms with Crippen molar-refractivity contribution in [2.24, 2.45) is 28.9 Å². The average Bonchev–Trinajstić information content (AvgIpc) is 2.32. The van der Waals surface area contributed by atoms with Crippen molar-refractivity contribution in [3.8, 4) is 0 Å². The van der Waals surface area contributed by atoms with Crippen LogP contribution >= 0.6 is 0 Å². The summed E-state index contributed by atoms with van der Waals surface area (Å²) in [4.78, 5) is 0. The summed E-state index contributed by atoms with van der Waals surface area (Å²) in [5, 5.41) is 19.2. The lowest BCUT2D eigenvalue weighted by molar-refractivity contribution is 0.0771. The molecule has 0 fully saturated rings. The minimum absolute atomic E-state index is 0.0720. The van der Waals surface area contributed by atoms with Gasteiger partial charge in [0.1, 0.15) is 0 Å². The summed E-state index contributed by atoms with van der Waals surface area (Å²) in [5.41, 5.74) is 22.0. The number of aliphatic hydroxyl groups excluding tert-OH is 2.